The van der Waals surface area contributed by atoms with Crippen LogP contribution in [0.2, 0.25) is 0 Å². The smallest absolute Gasteiger partial charge is 0.377 e. The van der Waals surface area contributed by atoms with Crippen LogP contribution in [0.1, 0.15) is 18.4 Å². The maximum absolute atomic E-state index is 13.3. The van der Waals surface area contributed by atoms with E-state index in [0.717, 1.165) is 0 Å². The van der Waals surface area contributed by atoms with Crippen LogP contribution in [0.5, 0.6) is 0 Å². The molecular formula is C11H11BrF4O. The second-order valence-electron chi connectivity index (χ2n) is 3.51. The van der Waals surface area contributed by atoms with E-state index in [0.29, 0.717) is 10.0 Å². The predicted molar refractivity (Wildman–Crippen MR) is 59.0 cm³/mol. The van der Waals surface area contributed by atoms with Crippen molar-refractivity contribution in [2.75, 3.05) is 6.61 Å². The van der Waals surface area contributed by atoms with E-state index >= 15 is 0 Å². The van der Waals surface area contributed by atoms with E-state index in [2.05, 4.69) is 15.9 Å². The number of rotatable bonds is 5. The molecule has 0 radical (unpaired) electrons. The van der Waals surface area contributed by atoms with Crippen LogP contribution in [0.4, 0.5) is 17.6 Å². The Labute approximate surface area is 105 Å². The quantitative estimate of drug-likeness (QED) is 0.576. The van der Waals surface area contributed by atoms with E-state index in [4.69, 9.17) is 4.74 Å². The van der Waals surface area contributed by atoms with Crippen LogP contribution in [0.25, 0.3) is 0 Å². The van der Waals surface area contributed by atoms with Crippen LogP contribution in [0.15, 0.2) is 22.7 Å². The molecule has 0 aliphatic carbocycles. The Morgan fingerprint density at radius 2 is 1.94 bits per heavy atom. The van der Waals surface area contributed by atoms with Crippen molar-refractivity contribution in [3.05, 3.63) is 34.1 Å². The first-order valence-corrected chi connectivity index (χ1v) is 5.76. The molecule has 0 fully saturated rings. The first kappa shape index (κ1) is 14.4. The number of halogens is 5. The lowest BCUT2D eigenvalue weighted by molar-refractivity contribution is -0.138. The van der Waals surface area contributed by atoms with Crippen molar-refractivity contribution < 1.29 is 22.3 Å². The van der Waals surface area contributed by atoms with Gasteiger partial charge in [-0.3, -0.25) is 0 Å². The van der Waals surface area contributed by atoms with Gasteiger partial charge in [-0.1, -0.05) is 22.0 Å². The molecule has 1 aromatic rings. The Morgan fingerprint density at radius 1 is 1.24 bits per heavy atom. The van der Waals surface area contributed by atoms with Crippen LogP contribution in [-0.2, 0) is 11.3 Å². The van der Waals surface area contributed by atoms with E-state index in [-0.39, 0.29) is 19.6 Å². The zero-order valence-corrected chi connectivity index (χ0v) is 10.4. The number of ether oxygens (including phenoxy) is 1. The second-order valence-corrected chi connectivity index (χ2v) is 4.42. The van der Waals surface area contributed by atoms with E-state index < -0.39 is 18.4 Å². The molecule has 0 N–H and O–H groups in total. The maximum Gasteiger partial charge on any atom is 0.389 e. The molecule has 1 nitrogen and oxygen atoms in total. The van der Waals surface area contributed by atoms with Gasteiger partial charge in [0.2, 0.25) is 0 Å². The van der Waals surface area contributed by atoms with Gasteiger partial charge in [0.15, 0.2) is 0 Å². The summed E-state index contributed by atoms with van der Waals surface area (Å²) in [4.78, 5) is 0. The Morgan fingerprint density at radius 3 is 2.53 bits per heavy atom. The van der Waals surface area contributed by atoms with Gasteiger partial charge in [-0.05, 0) is 18.6 Å². The van der Waals surface area contributed by atoms with Crippen molar-refractivity contribution in [2.45, 2.75) is 25.6 Å². The van der Waals surface area contributed by atoms with E-state index in [1.165, 1.54) is 12.1 Å². The Bertz CT molecular complexity index is 365. The highest BCUT2D eigenvalue weighted by atomic mass is 79.9. The molecule has 1 aromatic carbocycles. The average molecular weight is 315 g/mol. The summed E-state index contributed by atoms with van der Waals surface area (Å²) in [6.45, 7) is -0.0496. The van der Waals surface area contributed by atoms with Gasteiger partial charge in [0.05, 0.1) is 6.61 Å². The Kier molecular flexibility index (Phi) is 5.39. The van der Waals surface area contributed by atoms with Crippen molar-refractivity contribution in [1.82, 2.24) is 0 Å². The van der Waals surface area contributed by atoms with Gasteiger partial charge in [-0.25, -0.2) is 4.39 Å². The fraction of sp³-hybridized carbons (Fsp3) is 0.455. The standard InChI is InChI=1S/C11H11BrF4O/c12-9-3-2-8(10(13)6-9)7-17-5-1-4-11(14,15)16/h2-3,6H,1,4-5,7H2. The zero-order valence-electron chi connectivity index (χ0n) is 8.86. The molecule has 0 spiro atoms. The molecule has 0 amide bonds. The van der Waals surface area contributed by atoms with E-state index in [1.54, 1.807) is 6.07 Å². The molecular weight excluding hydrogens is 304 g/mol. The van der Waals surface area contributed by atoms with Gasteiger partial charge in [0.25, 0.3) is 0 Å². The molecule has 0 bridgehead atoms. The van der Waals surface area contributed by atoms with Gasteiger partial charge < -0.3 is 4.74 Å². The minimum absolute atomic E-state index is 0.0169. The second kappa shape index (κ2) is 6.35. The molecule has 0 aromatic heterocycles. The lowest BCUT2D eigenvalue weighted by Crippen LogP contribution is -2.09. The molecule has 6 heteroatoms. The van der Waals surface area contributed by atoms with Crippen molar-refractivity contribution in [1.29, 1.82) is 0 Å². The van der Waals surface area contributed by atoms with E-state index in [1.807, 2.05) is 0 Å². The normalized spacial score (nSPS) is 11.8. The van der Waals surface area contributed by atoms with Gasteiger partial charge in [0, 0.05) is 23.1 Å². The SMILES string of the molecule is Fc1cc(Br)ccc1COCCCC(F)(F)F. The molecule has 0 atom stereocenters. The highest BCUT2D eigenvalue weighted by Crippen LogP contribution is 2.21. The molecule has 0 heterocycles. The first-order chi connectivity index (χ1) is 7.88. The molecule has 0 aliphatic heterocycles. The van der Waals surface area contributed by atoms with Crippen molar-refractivity contribution >= 4 is 15.9 Å². The zero-order chi connectivity index (χ0) is 12.9. The van der Waals surface area contributed by atoms with Gasteiger partial charge in [-0.2, -0.15) is 13.2 Å². The number of hydrogen-bond acceptors (Lipinski definition) is 1. The third-order valence-electron chi connectivity index (χ3n) is 2.02. The monoisotopic (exact) mass is 314 g/mol. The maximum atomic E-state index is 13.3. The number of hydrogen-bond donors (Lipinski definition) is 0. The number of benzene rings is 1. The van der Waals surface area contributed by atoms with Crippen LogP contribution < -0.4 is 0 Å². The molecule has 0 unspecified atom stereocenters. The van der Waals surface area contributed by atoms with Crippen molar-refractivity contribution in [3.8, 4) is 0 Å². The molecule has 0 aliphatic rings. The van der Waals surface area contributed by atoms with Gasteiger partial charge >= 0.3 is 6.18 Å². The first-order valence-electron chi connectivity index (χ1n) is 4.97. The molecule has 96 valence electrons. The average Bonchev–Trinajstić information content (AvgIpc) is 2.18. The van der Waals surface area contributed by atoms with Crippen LogP contribution in [0.3, 0.4) is 0 Å². The van der Waals surface area contributed by atoms with Crippen LogP contribution in [-0.4, -0.2) is 12.8 Å². The van der Waals surface area contributed by atoms with Crippen LogP contribution >= 0.6 is 15.9 Å². The molecule has 0 saturated heterocycles. The topological polar surface area (TPSA) is 9.23 Å². The van der Waals surface area contributed by atoms with E-state index in [9.17, 15) is 17.6 Å². The van der Waals surface area contributed by atoms with Gasteiger partial charge in [0.1, 0.15) is 5.82 Å². The van der Waals surface area contributed by atoms with Gasteiger partial charge in [-0.15, -0.1) is 0 Å². The summed E-state index contributed by atoms with van der Waals surface area (Å²) >= 11 is 3.11. The van der Waals surface area contributed by atoms with Crippen molar-refractivity contribution in [3.63, 3.8) is 0 Å². The number of alkyl halides is 3. The lowest BCUT2D eigenvalue weighted by Gasteiger charge is -2.07. The summed E-state index contributed by atoms with van der Waals surface area (Å²) in [7, 11) is 0. The largest absolute Gasteiger partial charge is 0.389 e. The molecule has 0 saturated carbocycles. The summed E-state index contributed by atoms with van der Waals surface area (Å²) in [6, 6.07) is 4.47. The predicted octanol–water partition coefficient (Wildman–Crippen LogP) is 4.45. The molecule has 17 heavy (non-hydrogen) atoms. The summed E-state index contributed by atoms with van der Waals surface area (Å²) in [5.74, 6) is -0.435. The lowest BCUT2D eigenvalue weighted by atomic mass is 10.2. The fourth-order valence-corrected chi connectivity index (χ4v) is 1.53. The highest BCUT2D eigenvalue weighted by molar-refractivity contribution is 9.10. The summed E-state index contributed by atoms with van der Waals surface area (Å²) in [5, 5.41) is 0. The minimum atomic E-state index is -4.16. The summed E-state index contributed by atoms with van der Waals surface area (Å²) < 4.78 is 54.2. The van der Waals surface area contributed by atoms with Crippen molar-refractivity contribution in [2.24, 2.45) is 0 Å². The highest BCUT2D eigenvalue weighted by Gasteiger charge is 2.25. The Hall–Kier alpha value is -0.620. The minimum Gasteiger partial charge on any atom is -0.377 e. The molecule has 1 rings (SSSR count). The third-order valence-corrected chi connectivity index (χ3v) is 2.51. The summed E-state index contributed by atoms with van der Waals surface area (Å²) in [5.41, 5.74) is 0.334. The fourth-order valence-electron chi connectivity index (χ4n) is 1.20. The van der Waals surface area contributed by atoms with Crippen LogP contribution in [0, 0.1) is 5.82 Å². The summed E-state index contributed by atoms with van der Waals surface area (Å²) in [6.07, 6.45) is -5.15. The third kappa shape index (κ3) is 6.02. The Balaban J connectivity index is 2.27.